The maximum absolute atomic E-state index is 11.2. The van der Waals surface area contributed by atoms with E-state index in [9.17, 15) is 9.90 Å². The monoisotopic (exact) mass is 228 g/mol. The minimum atomic E-state index is -0.244. The lowest BCUT2D eigenvalue weighted by Gasteiger charge is -1.98. The van der Waals surface area contributed by atoms with Crippen molar-refractivity contribution in [1.82, 2.24) is 0 Å². The van der Waals surface area contributed by atoms with Gasteiger partial charge in [0.25, 0.3) is 0 Å². The molecular weight excluding hydrogens is 216 g/mol. The van der Waals surface area contributed by atoms with Crippen LogP contribution in [0.15, 0.2) is 40.6 Å². The van der Waals surface area contributed by atoms with Crippen LogP contribution in [0.4, 0.5) is 11.4 Å². The fourth-order valence-corrected chi connectivity index (χ4v) is 1.19. The highest BCUT2D eigenvalue weighted by Gasteiger charge is 2.04. The summed E-state index contributed by atoms with van der Waals surface area (Å²) in [7, 11) is 0. The molecule has 1 aromatic rings. The van der Waals surface area contributed by atoms with Gasteiger partial charge in [-0.15, -0.1) is 0 Å². The molecule has 4 heteroatoms. The number of aliphatic imine (C=N–C) groups is 1. The Morgan fingerprint density at radius 2 is 1.94 bits per heavy atom. The first kappa shape index (κ1) is 12.7. The summed E-state index contributed by atoms with van der Waals surface area (Å²) < 4.78 is 0. The maximum Gasteiger partial charge on any atom is 0.187 e. The van der Waals surface area contributed by atoms with Gasteiger partial charge in [-0.3, -0.25) is 9.79 Å². The lowest BCUT2D eigenvalue weighted by molar-refractivity contribution is -0.113. The molecule has 0 spiro atoms. The molecule has 0 heterocycles. The summed E-state index contributed by atoms with van der Waals surface area (Å²) in [6, 6.07) is 6.63. The highest BCUT2D eigenvalue weighted by Crippen LogP contribution is 2.18. The van der Waals surface area contributed by atoms with E-state index in [4.69, 9.17) is 6.57 Å². The van der Waals surface area contributed by atoms with Crippen molar-refractivity contribution >= 4 is 23.4 Å². The van der Waals surface area contributed by atoms with Crippen LogP contribution in [-0.2, 0) is 4.79 Å². The Morgan fingerprint density at radius 3 is 2.35 bits per heavy atom. The summed E-state index contributed by atoms with van der Waals surface area (Å²) >= 11 is 0. The topological polar surface area (TPSA) is 54.0 Å². The molecule has 1 aromatic carbocycles. The normalized spacial score (nSPS) is 12.1. The molecule has 0 saturated carbocycles. The standard InChI is InChI=1S/C13H12N2O2/c1-9(16)13(10(2)17)8-15-12-6-4-11(14-3)5-7-12/h4-8,16H,1-2H3/b13-9+,15-8?. The van der Waals surface area contributed by atoms with Gasteiger partial charge in [0.2, 0.25) is 0 Å². The predicted molar refractivity (Wildman–Crippen MR) is 66.9 cm³/mol. The second-order valence-corrected chi connectivity index (χ2v) is 3.44. The van der Waals surface area contributed by atoms with E-state index >= 15 is 0 Å². The van der Waals surface area contributed by atoms with E-state index in [1.807, 2.05) is 0 Å². The Balaban J connectivity index is 2.94. The zero-order valence-electron chi connectivity index (χ0n) is 9.64. The summed E-state index contributed by atoms with van der Waals surface area (Å²) in [6.07, 6.45) is 1.32. The molecule has 0 aliphatic rings. The molecule has 4 nitrogen and oxygen atoms in total. The average molecular weight is 228 g/mol. The maximum atomic E-state index is 11.2. The molecule has 0 aromatic heterocycles. The first-order chi connectivity index (χ1) is 8.04. The Hall–Kier alpha value is -2.41. The van der Waals surface area contributed by atoms with Crippen LogP contribution in [0.3, 0.4) is 0 Å². The van der Waals surface area contributed by atoms with Crippen molar-refractivity contribution in [1.29, 1.82) is 0 Å². The van der Waals surface area contributed by atoms with Gasteiger partial charge in [0.1, 0.15) is 5.76 Å². The van der Waals surface area contributed by atoms with Crippen molar-refractivity contribution in [3.63, 3.8) is 0 Å². The molecule has 0 unspecified atom stereocenters. The van der Waals surface area contributed by atoms with E-state index in [1.54, 1.807) is 24.3 Å². The molecule has 1 N–H and O–H groups in total. The van der Waals surface area contributed by atoms with Crippen LogP contribution in [0.25, 0.3) is 4.85 Å². The molecule has 86 valence electrons. The lowest BCUT2D eigenvalue weighted by Crippen LogP contribution is -2.01. The molecule has 0 amide bonds. The summed E-state index contributed by atoms with van der Waals surface area (Å²) in [5, 5.41) is 9.27. The molecule has 0 fully saturated rings. The van der Waals surface area contributed by atoms with Gasteiger partial charge in [0, 0.05) is 6.21 Å². The smallest absolute Gasteiger partial charge is 0.187 e. The minimum Gasteiger partial charge on any atom is -0.512 e. The highest BCUT2D eigenvalue weighted by atomic mass is 16.3. The summed E-state index contributed by atoms with van der Waals surface area (Å²) in [5.41, 5.74) is 1.33. The molecule has 0 atom stereocenters. The molecule has 0 radical (unpaired) electrons. The Kier molecular flexibility index (Phi) is 4.18. The number of rotatable bonds is 3. The van der Waals surface area contributed by atoms with Gasteiger partial charge in [0.05, 0.1) is 17.8 Å². The van der Waals surface area contributed by atoms with Crippen molar-refractivity contribution in [3.8, 4) is 0 Å². The minimum absolute atomic E-state index is 0.0565. The average Bonchev–Trinajstić information content (AvgIpc) is 2.29. The third kappa shape index (κ3) is 3.58. The number of Topliss-reactive ketones (excluding diaryl/α,β-unsaturated/α-hetero) is 1. The van der Waals surface area contributed by atoms with E-state index < -0.39 is 0 Å². The second-order valence-electron chi connectivity index (χ2n) is 3.44. The van der Waals surface area contributed by atoms with Crippen LogP contribution in [0, 0.1) is 6.57 Å². The number of carbonyl (C=O) groups excluding carboxylic acids is 1. The molecule has 0 bridgehead atoms. The van der Waals surface area contributed by atoms with Gasteiger partial charge in [-0.2, -0.15) is 0 Å². The third-order valence-electron chi connectivity index (χ3n) is 2.09. The zero-order valence-corrected chi connectivity index (χ0v) is 9.64. The van der Waals surface area contributed by atoms with Crippen LogP contribution >= 0.6 is 0 Å². The van der Waals surface area contributed by atoms with Crippen LogP contribution in [0.2, 0.25) is 0 Å². The van der Waals surface area contributed by atoms with Gasteiger partial charge in [-0.25, -0.2) is 4.85 Å². The Morgan fingerprint density at radius 1 is 1.35 bits per heavy atom. The number of ketones is 1. The van der Waals surface area contributed by atoms with Gasteiger partial charge < -0.3 is 5.11 Å². The van der Waals surface area contributed by atoms with E-state index in [0.717, 1.165) is 0 Å². The van der Waals surface area contributed by atoms with Crippen molar-refractivity contribution in [2.24, 2.45) is 4.99 Å². The van der Waals surface area contributed by atoms with Crippen molar-refractivity contribution in [2.75, 3.05) is 0 Å². The van der Waals surface area contributed by atoms with Crippen LogP contribution < -0.4 is 0 Å². The van der Waals surface area contributed by atoms with E-state index in [0.29, 0.717) is 11.4 Å². The van der Waals surface area contributed by atoms with Gasteiger partial charge in [-0.1, -0.05) is 12.1 Å². The Bertz CT molecular complexity index is 515. The van der Waals surface area contributed by atoms with Crippen molar-refractivity contribution in [3.05, 3.63) is 47.0 Å². The quantitative estimate of drug-likeness (QED) is 0.373. The number of aliphatic hydroxyl groups is 1. The van der Waals surface area contributed by atoms with E-state index in [2.05, 4.69) is 9.84 Å². The zero-order chi connectivity index (χ0) is 12.8. The highest BCUT2D eigenvalue weighted by molar-refractivity contribution is 6.12. The molecule has 0 aliphatic heterocycles. The number of hydrogen-bond acceptors (Lipinski definition) is 3. The first-order valence-electron chi connectivity index (χ1n) is 4.97. The number of allylic oxidation sites excluding steroid dienone is 2. The fraction of sp³-hybridized carbons (Fsp3) is 0.154. The van der Waals surface area contributed by atoms with Crippen molar-refractivity contribution < 1.29 is 9.90 Å². The number of nitrogens with zero attached hydrogens (tertiary/aromatic N) is 2. The molecule has 0 aliphatic carbocycles. The number of benzene rings is 1. The largest absolute Gasteiger partial charge is 0.512 e. The van der Waals surface area contributed by atoms with Crippen LogP contribution in [-0.4, -0.2) is 17.1 Å². The molecular formula is C13H12N2O2. The van der Waals surface area contributed by atoms with Gasteiger partial charge in [0.15, 0.2) is 11.5 Å². The van der Waals surface area contributed by atoms with Crippen LogP contribution in [0.1, 0.15) is 13.8 Å². The third-order valence-corrected chi connectivity index (χ3v) is 2.09. The SMILES string of the molecule is [C-]#[N+]c1ccc(N=C/C(C(C)=O)=C(/C)O)cc1. The summed E-state index contributed by atoms with van der Waals surface area (Å²) in [5.74, 6) is -0.300. The number of aliphatic hydroxyl groups excluding tert-OH is 1. The van der Waals surface area contributed by atoms with Crippen LogP contribution in [0.5, 0.6) is 0 Å². The van der Waals surface area contributed by atoms with Gasteiger partial charge >= 0.3 is 0 Å². The number of hydrogen-bond donors (Lipinski definition) is 1. The lowest BCUT2D eigenvalue weighted by atomic mass is 10.2. The Labute approximate surface area is 99.8 Å². The van der Waals surface area contributed by atoms with Gasteiger partial charge in [-0.05, 0) is 26.0 Å². The fourth-order valence-electron chi connectivity index (χ4n) is 1.19. The summed E-state index contributed by atoms with van der Waals surface area (Å²) in [6.45, 7) is 9.60. The molecule has 1 rings (SSSR count). The molecule has 0 saturated heterocycles. The second kappa shape index (κ2) is 5.61. The number of carbonyl (C=O) groups is 1. The van der Waals surface area contributed by atoms with E-state index in [1.165, 1.54) is 20.1 Å². The first-order valence-corrected chi connectivity index (χ1v) is 4.97. The van der Waals surface area contributed by atoms with E-state index in [-0.39, 0.29) is 17.1 Å². The summed E-state index contributed by atoms with van der Waals surface area (Å²) in [4.78, 5) is 18.5. The molecule has 17 heavy (non-hydrogen) atoms. The predicted octanol–water partition coefficient (Wildman–Crippen LogP) is 3.36. The van der Waals surface area contributed by atoms with Crippen molar-refractivity contribution in [2.45, 2.75) is 13.8 Å².